The van der Waals surface area contributed by atoms with Crippen LogP contribution in [0, 0.1) is 0 Å². The summed E-state index contributed by atoms with van der Waals surface area (Å²) in [4.78, 5) is 28.1. The van der Waals surface area contributed by atoms with Gasteiger partial charge in [0.25, 0.3) is 0 Å². The molecule has 0 aliphatic heterocycles. The number of carboxylic acid groups (broad SMARTS) is 1. The van der Waals surface area contributed by atoms with E-state index in [2.05, 4.69) is 29.5 Å². The van der Waals surface area contributed by atoms with Gasteiger partial charge in [0, 0.05) is 11.1 Å². The van der Waals surface area contributed by atoms with Crippen LogP contribution in [0.3, 0.4) is 0 Å². The number of nitrogens with one attached hydrogen (secondary N) is 2. The summed E-state index contributed by atoms with van der Waals surface area (Å²) in [5.41, 5.74) is 0. The lowest BCUT2D eigenvalue weighted by Gasteiger charge is -2.14. The number of carbonyl (C=O) groups is 2. The first-order valence-electron chi connectivity index (χ1n) is 7.27. The van der Waals surface area contributed by atoms with Crippen LogP contribution < -0.4 is 10.6 Å². The second-order valence-electron chi connectivity index (χ2n) is 4.86. The summed E-state index contributed by atoms with van der Waals surface area (Å²) in [6.45, 7) is 6.15. The van der Waals surface area contributed by atoms with Crippen molar-refractivity contribution in [2.75, 3.05) is 5.32 Å². The van der Waals surface area contributed by atoms with Crippen LogP contribution in [0.1, 0.15) is 57.2 Å². The van der Waals surface area contributed by atoms with Crippen molar-refractivity contribution in [3.05, 3.63) is 11.1 Å². The average molecular weight is 313 g/mol. The molecular formula is C14H23N3O3S. The quantitative estimate of drug-likeness (QED) is 0.685. The Morgan fingerprint density at radius 2 is 2.00 bits per heavy atom. The van der Waals surface area contributed by atoms with Gasteiger partial charge in [0.1, 0.15) is 6.04 Å². The highest BCUT2D eigenvalue weighted by molar-refractivity contribution is 7.15. The summed E-state index contributed by atoms with van der Waals surface area (Å²) in [5.74, 6) is 0.0985. The first kappa shape index (κ1) is 17.4. The van der Waals surface area contributed by atoms with Crippen molar-refractivity contribution >= 4 is 28.5 Å². The molecule has 2 amide bonds. The molecule has 0 saturated carbocycles. The smallest absolute Gasteiger partial charge is 0.405 e. The van der Waals surface area contributed by atoms with Crippen molar-refractivity contribution in [3.63, 3.8) is 0 Å². The molecule has 3 N–H and O–H groups in total. The van der Waals surface area contributed by atoms with Gasteiger partial charge in [-0.25, -0.2) is 9.78 Å². The summed E-state index contributed by atoms with van der Waals surface area (Å²) in [6.07, 6.45) is 3.84. The van der Waals surface area contributed by atoms with Crippen molar-refractivity contribution < 1.29 is 14.7 Å². The lowest BCUT2D eigenvalue weighted by atomic mass is 10.0. The Labute approximate surface area is 129 Å². The number of carbonyl (C=O) groups excluding carboxylic acids is 1. The number of anilines is 1. The molecule has 0 radical (unpaired) electrons. The Bertz CT molecular complexity index is 472. The van der Waals surface area contributed by atoms with Crippen molar-refractivity contribution in [1.29, 1.82) is 0 Å². The minimum atomic E-state index is -1.19. The first-order chi connectivity index (χ1) is 10.0. The Hall–Kier alpha value is -1.63. The van der Waals surface area contributed by atoms with Crippen molar-refractivity contribution in [2.24, 2.45) is 0 Å². The summed E-state index contributed by atoms with van der Waals surface area (Å²) in [7, 11) is 0. The number of aromatic nitrogens is 1. The number of hydrogen-bond donors (Lipinski definition) is 3. The van der Waals surface area contributed by atoms with E-state index in [1.807, 2.05) is 6.92 Å². The molecular weight excluding hydrogens is 290 g/mol. The van der Waals surface area contributed by atoms with E-state index in [9.17, 15) is 9.59 Å². The highest BCUT2D eigenvalue weighted by Crippen LogP contribution is 2.30. The summed E-state index contributed by atoms with van der Waals surface area (Å²) < 4.78 is 0. The van der Waals surface area contributed by atoms with Crippen LogP contribution in [0.2, 0.25) is 0 Å². The topological polar surface area (TPSA) is 91.3 Å². The second kappa shape index (κ2) is 8.61. The molecule has 1 unspecified atom stereocenters. The number of amides is 2. The molecule has 1 heterocycles. The molecule has 1 aromatic heterocycles. The third-order valence-corrected chi connectivity index (χ3v) is 4.41. The SMILES string of the molecule is CCCC(NC(=O)O)C(=O)Nc1ncc(C(CC)CC)s1. The Balaban J connectivity index is 2.70. The molecule has 0 aromatic carbocycles. The normalized spacial score (nSPS) is 12.2. The van der Waals surface area contributed by atoms with Gasteiger partial charge in [-0.15, -0.1) is 11.3 Å². The molecule has 6 nitrogen and oxygen atoms in total. The molecule has 0 aliphatic rings. The zero-order valence-corrected chi connectivity index (χ0v) is 13.5. The monoisotopic (exact) mass is 313 g/mol. The van der Waals surface area contributed by atoms with Gasteiger partial charge in [-0.3, -0.25) is 4.79 Å². The van der Waals surface area contributed by atoms with E-state index < -0.39 is 12.1 Å². The van der Waals surface area contributed by atoms with Crippen molar-refractivity contribution in [3.8, 4) is 0 Å². The van der Waals surface area contributed by atoms with Gasteiger partial charge in [-0.1, -0.05) is 27.2 Å². The molecule has 7 heteroatoms. The fourth-order valence-electron chi connectivity index (χ4n) is 2.12. The van der Waals surface area contributed by atoms with E-state index in [0.717, 1.165) is 24.1 Å². The predicted octanol–water partition coefficient (Wildman–Crippen LogP) is 3.42. The maximum absolute atomic E-state index is 12.1. The lowest BCUT2D eigenvalue weighted by Crippen LogP contribution is -2.43. The third-order valence-electron chi connectivity index (χ3n) is 3.33. The predicted molar refractivity (Wildman–Crippen MR) is 83.9 cm³/mol. The minimum absolute atomic E-state index is 0.357. The molecule has 1 atom stereocenters. The zero-order valence-electron chi connectivity index (χ0n) is 12.7. The van der Waals surface area contributed by atoms with E-state index >= 15 is 0 Å². The molecule has 0 spiro atoms. The molecule has 0 bridgehead atoms. The Morgan fingerprint density at radius 3 is 2.52 bits per heavy atom. The zero-order chi connectivity index (χ0) is 15.8. The van der Waals surface area contributed by atoms with Crippen LogP contribution >= 0.6 is 11.3 Å². The van der Waals surface area contributed by atoms with E-state index in [1.54, 1.807) is 6.20 Å². The number of nitrogens with zero attached hydrogens (tertiary/aromatic N) is 1. The highest BCUT2D eigenvalue weighted by atomic mass is 32.1. The summed E-state index contributed by atoms with van der Waals surface area (Å²) in [6, 6.07) is -0.743. The molecule has 1 aromatic rings. The average Bonchev–Trinajstić information content (AvgIpc) is 2.87. The molecule has 0 saturated heterocycles. The molecule has 0 fully saturated rings. The van der Waals surface area contributed by atoms with Gasteiger partial charge in [0.2, 0.25) is 5.91 Å². The standard InChI is InChI=1S/C14H23N3O3S/c1-4-7-10(16-14(19)20)12(18)17-13-15-8-11(21-13)9(5-2)6-3/h8-10,16H,4-7H2,1-3H3,(H,19,20)(H,15,17,18). The molecule has 0 aliphatic carbocycles. The van der Waals surface area contributed by atoms with Gasteiger partial charge in [-0.05, 0) is 25.2 Å². The number of thiazole rings is 1. The van der Waals surface area contributed by atoms with Crippen LogP contribution in [-0.2, 0) is 4.79 Å². The largest absolute Gasteiger partial charge is 0.465 e. The van der Waals surface area contributed by atoms with Crippen molar-refractivity contribution in [1.82, 2.24) is 10.3 Å². The van der Waals surface area contributed by atoms with Crippen LogP contribution in [-0.4, -0.2) is 28.1 Å². The fraction of sp³-hybridized carbons (Fsp3) is 0.643. The Kier molecular flexibility index (Phi) is 7.14. The van der Waals surface area contributed by atoms with Crippen molar-refractivity contribution in [2.45, 2.75) is 58.4 Å². The minimum Gasteiger partial charge on any atom is -0.465 e. The van der Waals surface area contributed by atoms with Gasteiger partial charge >= 0.3 is 6.09 Å². The number of rotatable bonds is 8. The molecule has 21 heavy (non-hydrogen) atoms. The van der Waals surface area contributed by atoms with Crippen LogP contribution in [0.25, 0.3) is 0 Å². The van der Waals surface area contributed by atoms with Gasteiger partial charge in [0.15, 0.2) is 5.13 Å². The third kappa shape index (κ3) is 5.34. The number of hydrogen-bond acceptors (Lipinski definition) is 4. The highest BCUT2D eigenvalue weighted by Gasteiger charge is 2.21. The van der Waals surface area contributed by atoms with E-state index in [0.29, 0.717) is 17.5 Å². The van der Waals surface area contributed by atoms with Gasteiger partial charge < -0.3 is 15.7 Å². The second-order valence-corrected chi connectivity index (χ2v) is 5.92. The first-order valence-corrected chi connectivity index (χ1v) is 8.09. The van der Waals surface area contributed by atoms with Gasteiger partial charge in [0.05, 0.1) is 0 Å². The van der Waals surface area contributed by atoms with Crippen LogP contribution in [0.4, 0.5) is 9.93 Å². The van der Waals surface area contributed by atoms with Gasteiger partial charge in [-0.2, -0.15) is 0 Å². The Morgan fingerprint density at radius 1 is 1.33 bits per heavy atom. The van der Waals surface area contributed by atoms with E-state index in [4.69, 9.17) is 5.11 Å². The van der Waals surface area contributed by atoms with Crippen LogP contribution in [0.15, 0.2) is 6.20 Å². The molecule has 118 valence electrons. The molecule has 1 rings (SSSR count). The maximum Gasteiger partial charge on any atom is 0.405 e. The van der Waals surface area contributed by atoms with E-state index in [1.165, 1.54) is 11.3 Å². The summed E-state index contributed by atoms with van der Waals surface area (Å²) in [5, 5.41) is 14.2. The fourth-order valence-corrected chi connectivity index (χ4v) is 3.21. The van der Waals surface area contributed by atoms with Crippen LogP contribution in [0.5, 0.6) is 0 Å². The lowest BCUT2D eigenvalue weighted by molar-refractivity contribution is -0.118. The maximum atomic E-state index is 12.1. The van der Waals surface area contributed by atoms with E-state index in [-0.39, 0.29) is 5.91 Å². The summed E-state index contributed by atoms with van der Waals surface area (Å²) >= 11 is 1.45.